The van der Waals surface area contributed by atoms with Crippen molar-refractivity contribution < 1.29 is 9.21 Å². The van der Waals surface area contributed by atoms with Gasteiger partial charge >= 0.3 is 11.8 Å². The first-order valence-electron chi connectivity index (χ1n) is 10.7. The van der Waals surface area contributed by atoms with Gasteiger partial charge in [-0.15, -0.1) is 21.5 Å². The molecule has 1 amide bonds. The molecule has 5 heterocycles. The lowest BCUT2D eigenvalue weighted by atomic mass is 9.90. The fourth-order valence-corrected chi connectivity index (χ4v) is 5.70. The lowest BCUT2D eigenvalue weighted by molar-refractivity contribution is 0.0618. The number of carbonyl (C=O) groups excluding carboxylic acids is 1. The molecule has 0 bridgehead atoms. The summed E-state index contributed by atoms with van der Waals surface area (Å²) in [5.41, 5.74) is 3.26. The Bertz CT molecular complexity index is 1470. The largest absolute Gasteiger partial charge is 0.411 e. The van der Waals surface area contributed by atoms with Gasteiger partial charge in [0, 0.05) is 18.2 Å². The molecule has 4 aromatic heterocycles. The predicted molar refractivity (Wildman–Crippen MR) is 120 cm³/mol. The first kappa shape index (κ1) is 18.6. The molecule has 1 atom stereocenters. The molecule has 1 saturated carbocycles. The number of thiazole rings is 1. The maximum absolute atomic E-state index is 13.7. The van der Waals surface area contributed by atoms with Crippen molar-refractivity contribution in [2.24, 2.45) is 0 Å². The van der Waals surface area contributed by atoms with E-state index in [1.807, 2.05) is 30.3 Å². The van der Waals surface area contributed by atoms with Crippen LogP contribution >= 0.6 is 11.3 Å². The van der Waals surface area contributed by atoms with Crippen LogP contribution in [0.3, 0.4) is 0 Å². The molecule has 5 aromatic rings. The Hall–Kier alpha value is -3.92. The second kappa shape index (κ2) is 6.79. The molecule has 0 radical (unpaired) electrons. The van der Waals surface area contributed by atoms with Gasteiger partial charge in [0.2, 0.25) is 0 Å². The number of fused-ring (bicyclic) bond motifs is 3. The molecule has 10 heteroatoms. The van der Waals surface area contributed by atoms with Crippen molar-refractivity contribution in [3.05, 3.63) is 77.3 Å². The molecule has 7 rings (SSSR count). The number of hydrogen-bond donors (Lipinski definition) is 1. The second-order valence-electron chi connectivity index (χ2n) is 8.43. The monoisotopic (exact) mass is 455 g/mol. The van der Waals surface area contributed by atoms with Gasteiger partial charge < -0.3 is 14.3 Å². The number of imidazole rings is 1. The number of aromatic amines is 1. The molecule has 1 N–H and O–H groups in total. The molecular formula is C23H17N7O2S. The minimum absolute atomic E-state index is 0.0551. The van der Waals surface area contributed by atoms with Crippen LogP contribution in [0.4, 0.5) is 0 Å². The second-order valence-corrected chi connectivity index (χ2v) is 9.49. The van der Waals surface area contributed by atoms with Crippen molar-refractivity contribution in [3.63, 3.8) is 0 Å². The Morgan fingerprint density at radius 3 is 2.82 bits per heavy atom. The average Bonchev–Trinajstić information content (AvgIpc) is 3.28. The summed E-state index contributed by atoms with van der Waals surface area (Å²) in [6.45, 7) is 0.533. The lowest BCUT2D eigenvalue weighted by Gasteiger charge is -2.37. The molecule has 1 aliphatic carbocycles. The van der Waals surface area contributed by atoms with E-state index in [2.05, 4.69) is 25.1 Å². The highest BCUT2D eigenvalue weighted by molar-refractivity contribution is 7.18. The average molecular weight is 456 g/mol. The highest BCUT2D eigenvalue weighted by Gasteiger charge is 2.56. The molecule has 2 aliphatic rings. The third-order valence-corrected chi connectivity index (χ3v) is 7.47. The van der Waals surface area contributed by atoms with E-state index in [0.29, 0.717) is 12.2 Å². The summed E-state index contributed by atoms with van der Waals surface area (Å²) in [5, 5.41) is 8.95. The number of benzene rings is 1. The molecule has 1 aromatic carbocycles. The Kier molecular flexibility index (Phi) is 3.83. The van der Waals surface area contributed by atoms with E-state index < -0.39 is 6.04 Å². The van der Waals surface area contributed by atoms with Crippen LogP contribution in [0.15, 0.2) is 59.4 Å². The van der Waals surface area contributed by atoms with E-state index in [9.17, 15) is 4.79 Å². The zero-order chi connectivity index (χ0) is 22.0. The molecule has 1 spiro atoms. The number of rotatable bonds is 3. The summed E-state index contributed by atoms with van der Waals surface area (Å²) in [6.07, 6.45) is 5.34. The number of aromatic nitrogens is 6. The third kappa shape index (κ3) is 2.83. The zero-order valence-corrected chi connectivity index (χ0v) is 18.1. The van der Waals surface area contributed by atoms with Crippen LogP contribution in [-0.2, 0) is 5.41 Å². The number of amides is 1. The van der Waals surface area contributed by atoms with E-state index in [1.54, 1.807) is 40.9 Å². The predicted octanol–water partition coefficient (Wildman–Crippen LogP) is 3.74. The maximum Gasteiger partial charge on any atom is 0.312 e. The summed E-state index contributed by atoms with van der Waals surface area (Å²) >= 11 is 1.58. The van der Waals surface area contributed by atoms with E-state index in [-0.39, 0.29) is 23.1 Å². The van der Waals surface area contributed by atoms with Crippen LogP contribution in [0.1, 0.15) is 46.0 Å². The van der Waals surface area contributed by atoms with Gasteiger partial charge in [-0.25, -0.2) is 9.97 Å². The Balaban J connectivity index is 1.33. The number of hydrogen-bond acceptors (Lipinski definition) is 8. The summed E-state index contributed by atoms with van der Waals surface area (Å²) < 4.78 is 6.84. The normalized spacial score (nSPS) is 18.5. The Morgan fingerprint density at radius 1 is 1.12 bits per heavy atom. The molecule has 0 saturated heterocycles. The number of pyridine rings is 1. The van der Waals surface area contributed by atoms with Crippen LogP contribution in [0.5, 0.6) is 0 Å². The minimum Gasteiger partial charge on any atom is -0.411 e. The summed E-state index contributed by atoms with van der Waals surface area (Å²) in [4.78, 5) is 32.6. The first-order valence-corrected chi connectivity index (χ1v) is 11.5. The van der Waals surface area contributed by atoms with Crippen LogP contribution in [0.25, 0.3) is 21.8 Å². The summed E-state index contributed by atoms with van der Waals surface area (Å²) in [7, 11) is 0. The van der Waals surface area contributed by atoms with Crippen molar-refractivity contribution in [2.75, 3.05) is 6.54 Å². The number of nitrogens with one attached hydrogen (secondary N) is 1. The molecule has 0 unspecified atom stereocenters. The van der Waals surface area contributed by atoms with E-state index in [0.717, 1.165) is 39.5 Å². The van der Waals surface area contributed by atoms with Gasteiger partial charge in [-0.2, -0.15) is 0 Å². The molecule has 1 fully saturated rings. The quantitative estimate of drug-likeness (QED) is 0.441. The van der Waals surface area contributed by atoms with Gasteiger partial charge in [-0.3, -0.25) is 9.78 Å². The fraction of sp³-hybridized carbons (Fsp3) is 0.217. The third-order valence-electron chi connectivity index (χ3n) is 6.38. The smallest absolute Gasteiger partial charge is 0.312 e. The van der Waals surface area contributed by atoms with Gasteiger partial charge in [-0.1, -0.05) is 18.2 Å². The first-order chi connectivity index (χ1) is 16.2. The molecule has 9 nitrogen and oxygen atoms in total. The van der Waals surface area contributed by atoms with Crippen molar-refractivity contribution in [1.82, 2.24) is 35.0 Å². The van der Waals surface area contributed by atoms with E-state index in [1.165, 1.54) is 0 Å². The molecule has 33 heavy (non-hydrogen) atoms. The lowest BCUT2D eigenvalue weighted by Crippen LogP contribution is -2.45. The van der Waals surface area contributed by atoms with Crippen molar-refractivity contribution in [3.8, 4) is 11.6 Å². The highest BCUT2D eigenvalue weighted by atomic mass is 32.1. The maximum atomic E-state index is 13.7. The van der Waals surface area contributed by atoms with Crippen LogP contribution in [0.2, 0.25) is 0 Å². The topological polar surface area (TPSA) is 114 Å². The van der Waals surface area contributed by atoms with E-state index in [4.69, 9.17) is 9.40 Å². The van der Waals surface area contributed by atoms with Gasteiger partial charge in [0.1, 0.15) is 16.7 Å². The van der Waals surface area contributed by atoms with E-state index >= 15 is 0 Å². The Morgan fingerprint density at radius 2 is 2.00 bits per heavy atom. The number of para-hydroxylation sites is 1. The van der Waals surface area contributed by atoms with Crippen LogP contribution in [-0.4, -0.2) is 47.5 Å². The molecule has 162 valence electrons. The Labute approximate surface area is 191 Å². The van der Waals surface area contributed by atoms with Gasteiger partial charge in [-0.05, 0) is 37.1 Å². The number of H-pyrrole nitrogens is 1. The van der Waals surface area contributed by atoms with Crippen molar-refractivity contribution >= 4 is 27.5 Å². The zero-order valence-electron chi connectivity index (χ0n) is 17.3. The van der Waals surface area contributed by atoms with Crippen molar-refractivity contribution in [1.29, 1.82) is 0 Å². The van der Waals surface area contributed by atoms with Crippen LogP contribution in [0, 0.1) is 0 Å². The molecular weight excluding hydrogens is 438 g/mol. The SMILES string of the molecule is O=C(c1nnc(-c2ccccn2)o1)N1CC2(CC2)c2nc[nH]c2[C@H]1c1nc2ccccc2s1. The van der Waals surface area contributed by atoms with Gasteiger partial charge in [0.15, 0.2) is 0 Å². The number of nitrogens with zero attached hydrogens (tertiary/aromatic N) is 6. The van der Waals surface area contributed by atoms with Gasteiger partial charge in [0.25, 0.3) is 5.89 Å². The van der Waals surface area contributed by atoms with Crippen molar-refractivity contribution in [2.45, 2.75) is 24.3 Å². The van der Waals surface area contributed by atoms with Gasteiger partial charge in [0.05, 0.1) is 27.9 Å². The number of carbonyl (C=O) groups is 1. The minimum atomic E-state index is -0.399. The highest BCUT2D eigenvalue weighted by Crippen LogP contribution is 2.55. The van der Waals surface area contributed by atoms with Crippen LogP contribution < -0.4 is 0 Å². The standard InChI is InChI=1S/C23H17N7O2S/c31-22(20-29-28-19(32-20)14-6-3-4-10-24-14)30-11-23(8-9-23)18-16(25-12-26-18)17(30)21-27-13-5-1-2-7-15(13)33-21/h1-7,10,12,17H,8-9,11H2,(H,25,26)/t17-/m0/s1. The fourth-order valence-electron chi connectivity index (χ4n) is 4.61. The summed E-state index contributed by atoms with van der Waals surface area (Å²) in [6, 6.07) is 13.0. The molecule has 1 aliphatic heterocycles. The summed E-state index contributed by atoms with van der Waals surface area (Å²) in [5.74, 6) is -0.156.